The second-order valence-corrected chi connectivity index (χ2v) is 1.44. The van der Waals surface area contributed by atoms with Crippen LogP contribution in [0.15, 0.2) is 0 Å². The zero-order valence-electron chi connectivity index (χ0n) is 1.96. The van der Waals surface area contributed by atoms with Crippen LogP contribution in [0.25, 0.3) is 0 Å². The van der Waals surface area contributed by atoms with Crippen molar-refractivity contribution in [1.29, 1.82) is 0 Å². The van der Waals surface area contributed by atoms with Crippen LogP contribution in [-0.2, 0) is 0 Å². The first-order valence-corrected chi connectivity index (χ1v) is 5.07. The summed E-state index contributed by atoms with van der Waals surface area (Å²) >= 11 is -1.80. The summed E-state index contributed by atoms with van der Waals surface area (Å²) in [6, 6.07) is 0. The summed E-state index contributed by atoms with van der Waals surface area (Å²) in [6.45, 7) is 0. The molecule has 0 aromatic rings. The molecule has 0 rings (SSSR count). The summed E-state index contributed by atoms with van der Waals surface area (Å²) in [5.41, 5.74) is 0. The van der Waals surface area contributed by atoms with Crippen molar-refractivity contribution >= 4 is 78.4 Å². The van der Waals surface area contributed by atoms with Gasteiger partial charge in [0.25, 0.3) is 0 Å². The van der Waals surface area contributed by atoms with Gasteiger partial charge in [-0.2, -0.15) is 0 Å². The van der Waals surface area contributed by atoms with Crippen molar-refractivity contribution in [1.82, 2.24) is 0 Å². The van der Waals surface area contributed by atoms with E-state index in [4.69, 9.17) is 0 Å². The summed E-state index contributed by atoms with van der Waals surface area (Å²) in [6.07, 6.45) is 0. The van der Waals surface area contributed by atoms with E-state index in [2.05, 4.69) is 8.92 Å². The van der Waals surface area contributed by atoms with Crippen molar-refractivity contribution < 1.29 is 2.87 Å². The molecule has 4 heavy (non-hydrogen) atoms. The van der Waals surface area contributed by atoms with Gasteiger partial charge in [-0.15, -0.1) is 0 Å². The monoisotopic (exact) mass is 312 g/mol. The molecule has 0 unspecified atom stereocenters. The van der Waals surface area contributed by atoms with E-state index < -0.39 is 20.6 Å². The van der Waals surface area contributed by atoms with Gasteiger partial charge in [-0.05, 0) is 0 Å². The molecule has 0 saturated heterocycles. The quantitative estimate of drug-likeness (QED) is 0.567. The fourth-order valence-corrected chi connectivity index (χ4v) is 0. The van der Waals surface area contributed by atoms with Crippen LogP contribution in [-0.4, -0.2) is 69.5 Å². The Bertz CT molecular complexity index is 8.00. The summed E-state index contributed by atoms with van der Waals surface area (Å²) in [4.78, 5) is 0. The summed E-state index contributed by atoms with van der Waals surface area (Å²) < 4.78 is 10.2. The molecule has 0 aliphatic carbocycles. The zero-order valence-corrected chi connectivity index (χ0v) is 10.0. The molecule has 0 aromatic heterocycles. The van der Waals surface area contributed by atoms with Crippen LogP contribution < -0.4 is 0 Å². The molecule has 0 aliphatic heterocycles. The van der Waals surface area contributed by atoms with E-state index in [1.807, 2.05) is 0 Å². The van der Waals surface area contributed by atoms with Gasteiger partial charge in [0.2, 0.25) is 0 Å². The zero-order chi connectivity index (χ0) is 2.71. The molecule has 0 heterocycles. The minimum absolute atomic E-state index is 0. The van der Waals surface area contributed by atoms with Crippen molar-refractivity contribution in [3.8, 4) is 0 Å². The number of hydrogen-bond donors (Lipinski definition) is 0. The minimum atomic E-state index is -1.80. The predicted octanol–water partition coefficient (Wildman–Crippen LogP) is 0.348. The molecule has 4 radical (unpaired) electrons. The van der Waals surface area contributed by atoms with Crippen LogP contribution in [0.1, 0.15) is 0 Å². The van der Waals surface area contributed by atoms with Gasteiger partial charge in [-0.1, -0.05) is 0 Å². The average molecular weight is 310 g/mol. The molecule has 0 saturated carbocycles. The average Bonchev–Trinajstić information content (AvgIpc) is 0.918. The first-order valence-electron chi connectivity index (χ1n) is 0.378. The van der Waals surface area contributed by atoms with E-state index in [1.54, 1.807) is 0 Å². The van der Waals surface area contributed by atoms with E-state index in [0.717, 1.165) is 0 Å². The molecule has 0 fully saturated rings. The second-order valence-electron chi connectivity index (χ2n) is 0.0714. The Balaban J connectivity index is 0. The molecular weight excluding hydrogens is 310 g/mol. The van der Waals surface area contributed by atoms with Gasteiger partial charge in [-0.3, -0.25) is 0 Å². The number of hydrogen-bond acceptors (Lipinski definition) is 0. The van der Waals surface area contributed by atoms with Crippen LogP contribution in [0.3, 0.4) is 0 Å². The van der Waals surface area contributed by atoms with Crippen molar-refractivity contribution in [2.24, 2.45) is 0 Å². The third-order valence-electron chi connectivity index (χ3n) is 0. The van der Waals surface area contributed by atoms with Crippen molar-refractivity contribution in [3.05, 3.63) is 0 Å². The predicted molar refractivity (Wildman–Crippen MR) is 18.5 cm³/mol. The number of halogens is 2. The van der Waals surface area contributed by atoms with Gasteiger partial charge >= 0.3 is 32.4 Å². The SMILES string of the molecule is [Ba].[F][Sn][Cl]. The van der Waals surface area contributed by atoms with Gasteiger partial charge in [0.05, 0.1) is 0 Å². The standard InChI is InChI=1S/Ba.ClH.FH.Sn/h;2*1H;/q;;;+2/p-2. The molecule has 0 N–H and O–H groups in total. The molecule has 20 valence electrons. The third-order valence-corrected chi connectivity index (χ3v) is 0. The van der Waals surface area contributed by atoms with E-state index in [-0.39, 0.29) is 48.9 Å². The van der Waals surface area contributed by atoms with Crippen molar-refractivity contribution in [2.45, 2.75) is 0 Å². The molecule has 0 aliphatic rings. The normalized spacial score (nSPS) is 4.50. The van der Waals surface area contributed by atoms with Crippen LogP contribution >= 0.6 is 8.92 Å². The third kappa shape index (κ3) is 8.82. The molecule has 0 atom stereocenters. The Labute approximate surface area is 79.3 Å². The fourth-order valence-electron chi connectivity index (χ4n) is 0. The molecule has 0 aromatic carbocycles. The molecule has 0 bridgehead atoms. The van der Waals surface area contributed by atoms with Gasteiger partial charge in [0, 0.05) is 48.9 Å². The Morgan fingerprint density at radius 2 is 1.75 bits per heavy atom. The fraction of sp³-hybridized carbons (Fsp3) is 0. The first kappa shape index (κ1) is 9.77. The number of rotatable bonds is 0. The van der Waals surface area contributed by atoms with E-state index in [9.17, 15) is 2.87 Å². The Morgan fingerprint density at radius 3 is 1.75 bits per heavy atom. The molecule has 0 nitrogen and oxygen atoms in total. The van der Waals surface area contributed by atoms with E-state index in [1.165, 1.54) is 0 Å². The maximum atomic E-state index is 10.2. The maximum absolute atomic E-state index is 10.2. The summed E-state index contributed by atoms with van der Waals surface area (Å²) in [5, 5.41) is 0. The van der Waals surface area contributed by atoms with E-state index >= 15 is 0 Å². The van der Waals surface area contributed by atoms with Crippen LogP contribution in [0.5, 0.6) is 0 Å². The van der Waals surface area contributed by atoms with Gasteiger partial charge < -0.3 is 0 Å². The first-order chi connectivity index (χ1) is 1.41. The second kappa shape index (κ2) is 9.14. The topological polar surface area (TPSA) is 0 Å². The van der Waals surface area contributed by atoms with Crippen LogP contribution in [0, 0.1) is 0 Å². The molecular formula is BaClFSn. The molecule has 4 heteroatoms. The van der Waals surface area contributed by atoms with E-state index in [0.29, 0.717) is 0 Å². The summed E-state index contributed by atoms with van der Waals surface area (Å²) in [7, 11) is 4.50. The van der Waals surface area contributed by atoms with Crippen molar-refractivity contribution in [2.75, 3.05) is 0 Å². The van der Waals surface area contributed by atoms with Crippen molar-refractivity contribution in [3.63, 3.8) is 0 Å². The summed E-state index contributed by atoms with van der Waals surface area (Å²) in [5.74, 6) is 0. The van der Waals surface area contributed by atoms with Crippen LogP contribution in [0.4, 0.5) is 2.87 Å². The molecule has 0 amide bonds. The Hall–Kier alpha value is 2.59. The van der Waals surface area contributed by atoms with Gasteiger partial charge in [-0.25, -0.2) is 0 Å². The molecule has 0 spiro atoms. The van der Waals surface area contributed by atoms with Gasteiger partial charge in [0.1, 0.15) is 0 Å². The van der Waals surface area contributed by atoms with Gasteiger partial charge in [0.15, 0.2) is 0 Å². The Kier molecular flexibility index (Phi) is 22.3. The Morgan fingerprint density at radius 1 is 1.75 bits per heavy atom. The van der Waals surface area contributed by atoms with Crippen LogP contribution in [0.2, 0.25) is 0 Å².